The average Bonchev–Trinajstić information content (AvgIpc) is 2.55. The highest BCUT2D eigenvalue weighted by atomic mass is 35.5. The Morgan fingerprint density at radius 1 is 1.47 bits per heavy atom. The number of alkyl halides is 1. The molecule has 17 heavy (non-hydrogen) atoms. The third kappa shape index (κ3) is 4.29. The number of nitrogens with zero attached hydrogens (tertiary/aromatic N) is 1. The molecule has 0 spiro atoms. The summed E-state index contributed by atoms with van der Waals surface area (Å²) in [4.78, 5) is 0. The number of aromatic nitrogens is 1. The molecule has 0 fully saturated rings. The van der Waals surface area contributed by atoms with Crippen molar-refractivity contribution < 1.29 is 12.9 Å². The van der Waals surface area contributed by atoms with E-state index in [-0.39, 0.29) is 18.2 Å². The first-order chi connectivity index (χ1) is 7.85. The van der Waals surface area contributed by atoms with Gasteiger partial charge in [-0.1, -0.05) is 12.1 Å². The molecule has 1 unspecified atom stereocenters. The molecule has 1 rings (SSSR count). The summed E-state index contributed by atoms with van der Waals surface area (Å²) < 4.78 is 30.9. The second-order valence-corrected chi connectivity index (χ2v) is 6.32. The molecule has 0 saturated carbocycles. The van der Waals surface area contributed by atoms with Crippen LogP contribution in [-0.4, -0.2) is 25.2 Å². The zero-order valence-corrected chi connectivity index (χ0v) is 11.7. The van der Waals surface area contributed by atoms with Gasteiger partial charge in [0.15, 0.2) is 0 Å². The van der Waals surface area contributed by atoms with Crippen LogP contribution in [0, 0.1) is 19.8 Å². The van der Waals surface area contributed by atoms with Crippen LogP contribution in [0.5, 0.6) is 0 Å². The number of rotatable bonds is 6. The quantitative estimate of drug-likeness (QED) is 0.803. The molecule has 5 nitrogen and oxygen atoms in total. The van der Waals surface area contributed by atoms with Crippen LogP contribution < -0.4 is 4.72 Å². The van der Waals surface area contributed by atoms with Gasteiger partial charge in [-0.25, -0.2) is 13.1 Å². The summed E-state index contributed by atoms with van der Waals surface area (Å²) in [5.74, 6) is 0.918. The summed E-state index contributed by atoms with van der Waals surface area (Å²) in [6.07, 6.45) is 0. The van der Waals surface area contributed by atoms with Gasteiger partial charge in [0.2, 0.25) is 10.0 Å². The van der Waals surface area contributed by atoms with E-state index >= 15 is 0 Å². The third-order valence-electron chi connectivity index (χ3n) is 2.42. The van der Waals surface area contributed by atoms with Gasteiger partial charge >= 0.3 is 0 Å². The average molecular weight is 281 g/mol. The summed E-state index contributed by atoms with van der Waals surface area (Å²) in [5.41, 5.74) is 1.49. The lowest BCUT2D eigenvalue weighted by Gasteiger charge is -2.09. The highest BCUT2D eigenvalue weighted by Crippen LogP contribution is 2.12. The largest absolute Gasteiger partial charge is 0.361 e. The molecule has 98 valence electrons. The first-order valence-corrected chi connectivity index (χ1v) is 7.49. The van der Waals surface area contributed by atoms with Crippen molar-refractivity contribution in [1.29, 1.82) is 0 Å². The number of hydrogen-bond donors (Lipinski definition) is 1. The Morgan fingerprint density at radius 3 is 2.59 bits per heavy atom. The second-order valence-electron chi connectivity index (χ2n) is 4.16. The predicted molar refractivity (Wildman–Crippen MR) is 66.5 cm³/mol. The highest BCUT2D eigenvalue weighted by molar-refractivity contribution is 7.89. The van der Waals surface area contributed by atoms with Crippen LogP contribution in [0.25, 0.3) is 0 Å². The Morgan fingerprint density at radius 2 is 2.12 bits per heavy atom. The van der Waals surface area contributed by atoms with E-state index in [4.69, 9.17) is 16.1 Å². The van der Waals surface area contributed by atoms with Gasteiger partial charge in [0, 0.05) is 18.0 Å². The minimum Gasteiger partial charge on any atom is -0.361 e. The van der Waals surface area contributed by atoms with E-state index < -0.39 is 10.0 Å². The van der Waals surface area contributed by atoms with Crippen LogP contribution in [0.1, 0.15) is 23.9 Å². The van der Waals surface area contributed by atoms with Crippen LogP contribution >= 0.6 is 11.6 Å². The van der Waals surface area contributed by atoms with Crippen LogP contribution in [-0.2, 0) is 16.6 Å². The Balaban J connectivity index is 2.62. The maximum absolute atomic E-state index is 11.7. The van der Waals surface area contributed by atoms with E-state index in [2.05, 4.69) is 9.88 Å². The molecule has 0 saturated heterocycles. The number of sulfonamides is 1. The lowest BCUT2D eigenvalue weighted by molar-refractivity contribution is 0.392. The van der Waals surface area contributed by atoms with Gasteiger partial charge in [0.1, 0.15) is 5.76 Å². The summed E-state index contributed by atoms with van der Waals surface area (Å²) in [5, 5.41) is 3.76. The van der Waals surface area contributed by atoms with E-state index in [1.807, 2.05) is 0 Å². The molecule has 1 N–H and O–H groups in total. The van der Waals surface area contributed by atoms with E-state index in [1.54, 1.807) is 20.8 Å². The smallest absolute Gasteiger partial charge is 0.212 e. The van der Waals surface area contributed by atoms with E-state index in [0.717, 1.165) is 5.56 Å². The monoisotopic (exact) mass is 280 g/mol. The van der Waals surface area contributed by atoms with Gasteiger partial charge in [0.25, 0.3) is 0 Å². The maximum atomic E-state index is 11.7. The predicted octanol–water partition coefficient (Wildman–Crippen LogP) is 1.59. The molecule has 1 aromatic rings. The molecule has 0 bridgehead atoms. The van der Waals surface area contributed by atoms with Gasteiger partial charge in [-0.15, -0.1) is 11.6 Å². The Bertz CT molecular complexity index is 450. The molecule has 0 radical (unpaired) electrons. The SMILES string of the molecule is Cc1noc(C)c1CNS(=O)(=O)CC(C)CCl. The van der Waals surface area contributed by atoms with Crippen molar-refractivity contribution in [2.45, 2.75) is 27.3 Å². The molecule has 0 aliphatic rings. The number of hydrogen-bond acceptors (Lipinski definition) is 4. The lowest BCUT2D eigenvalue weighted by Crippen LogP contribution is -2.29. The van der Waals surface area contributed by atoms with E-state index in [1.165, 1.54) is 0 Å². The zero-order valence-electron chi connectivity index (χ0n) is 10.2. The van der Waals surface area contributed by atoms with Gasteiger partial charge < -0.3 is 4.52 Å². The van der Waals surface area contributed by atoms with Crippen molar-refractivity contribution in [2.75, 3.05) is 11.6 Å². The topological polar surface area (TPSA) is 72.2 Å². The normalized spacial score (nSPS) is 13.9. The van der Waals surface area contributed by atoms with Crippen LogP contribution in [0.15, 0.2) is 4.52 Å². The Kier molecular flexibility index (Phi) is 4.97. The minimum absolute atomic E-state index is 0.0277. The number of nitrogens with one attached hydrogen (secondary N) is 1. The molecule has 0 amide bonds. The molecule has 1 aromatic heterocycles. The molecule has 7 heteroatoms. The molecular formula is C10H17ClN2O3S. The summed E-state index contributed by atoms with van der Waals surface area (Å²) in [6, 6.07) is 0. The van der Waals surface area contributed by atoms with E-state index in [9.17, 15) is 8.42 Å². The fourth-order valence-electron chi connectivity index (χ4n) is 1.41. The fourth-order valence-corrected chi connectivity index (χ4v) is 3.00. The van der Waals surface area contributed by atoms with Crippen molar-refractivity contribution in [2.24, 2.45) is 5.92 Å². The van der Waals surface area contributed by atoms with Crippen molar-refractivity contribution >= 4 is 21.6 Å². The first kappa shape index (κ1) is 14.5. The molecule has 0 aliphatic carbocycles. The first-order valence-electron chi connectivity index (χ1n) is 5.30. The molecule has 0 aromatic carbocycles. The van der Waals surface area contributed by atoms with Crippen molar-refractivity contribution in [3.63, 3.8) is 0 Å². The molecule has 0 aliphatic heterocycles. The van der Waals surface area contributed by atoms with Gasteiger partial charge in [-0.05, 0) is 19.8 Å². The fraction of sp³-hybridized carbons (Fsp3) is 0.700. The van der Waals surface area contributed by atoms with Gasteiger partial charge in [-0.2, -0.15) is 0 Å². The maximum Gasteiger partial charge on any atom is 0.212 e. The Labute approximate surface area is 107 Å². The van der Waals surface area contributed by atoms with Crippen LogP contribution in [0.4, 0.5) is 0 Å². The molecular weight excluding hydrogens is 264 g/mol. The second kappa shape index (κ2) is 5.84. The van der Waals surface area contributed by atoms with Gasteiger partial charge in [0.05, 0.1) is 11.4 Å². The summed E-state index contributed by atoms with van der Waals surface area (Å²) in [7, 11) is -3.31. The van der Waals surface area contributed by atoms with E-state index in [0.29, 0.717) is 17.3 Å². The van der Waals surface area contributed by atoms with Crippen LogP contribution in [0.2, 0.25) is 0 Å². The third-order valence-corrected chi connectivity index (χ3v) is 4.54. The lowest BCUT2D eigenvalue weighted by atomic mass is 10.2. The van der Waals surface area contributed by atoms with Crippen molar-refractivity contribution in [3.8, 4) is 0 Å². The minimum atomic E-state index is -3.31. The highest BCUT2D eigenvalue weighted by Gasteiger charge is 2.17. The summed E-state index contributed by atoms with van der Waals surface area (Å²) in [6.45, 7) is 5.53. The van der Waals surface area contributed by atoms with Crippen LogP contribution in [0.3, 0.4) is 0 Å². The number of aryl methyl sites for hydroxylation is 2. The van der Waals surface area contributed by atoms with Crippen molar-refractivity contribution in [3.05, 3.63) is 17.0 Å². The number of halogens is 1. The Hall–Kier alpha value is -0.590. The zero-order chi connectivity index (χ0) is 13.1. The van der Waals surface area contributed by atoms with Gasteiger partial charge in [-0.3, -0.25) is 0 Å². The molecule has 1 atom stereocenters. The van der Waals surface area contributed by atoms with Crippen molar-refractivity contribution in [1.82, 2.24) is 9.88 Å². The summed E-state index contributed by atoms with van der Waals surface area (Å²) >= 11 is 5.59. The standard InChI is InChI=1S/C10H17ClN2O3S/c1-7(4-11)6-17(14,15)12-5-10-8(2)13-16-9(10)3/h7,12H,4-6H2,1-3H3. The molecule has 1 heterocycles.